The quantitative estimate of drug-likeness (QED) is 0.709. The topological polar surface area (TPSA) is 73.1 Å². The maximum atomic E-state index is 5.62. The summed E-state index contributed by atoms with van der Waals surface area (Å²) in [6, 6.07) is 0. The highest BCUT2D eigenvalue weighted by molar-refractivity contribution is 5.58. The summed E-state index contributed by atoms with van der Waals surface area (Å²) in [5, 5.41) is 3.06. The molecule has 0 radical (unpaired) electrons. The van der Waals surface area contributed by atoms with Gasteiger partial charge in [-0.25, -0.2) is 9.97 Å². The normalized spacial score (nSPS) is 12.5. The first-order valence-electron chi connectivity index (χ1n) is 4.06. The second kappa shape index (κ2) is 4.61. The Morgan fingerprint density at radius 3 is 3.08 bits per heavy atom. The summed E-state index contributed by atoms with van der Waals surface area (Å²) >= 11 is 0. The second-order valence-corrected chi connectivity index (χ2v) is 2.75. The van der Waals surface area contributed by atoms with E-state index >= 15 is 0 Å². The molecule has 1 rings (SSSR count). The average Bonchev–Trinajstić information content (AvgIpc) is 2.16. The first-order valence-corrected chi connectivity index (χ1v) is 4.06. The van der Waals surface area contributed by atoms with Gasteiger partial charge in [0.1, 0.15) is 6.33 Å². The molecule has 3 N–H and O–H groups in total. The number of methoxy groups -OCH3 is 1. The summed E-state index contributed by atoms with van der Waals surface area (Å²) in [4.78, 5) is 7.77. The van der Waals surface area contributed by atoms with Gasteiger partial charge in [0.05, 0.1) is 18.0 Å². The van der Waals surface area contributed by atoms with Crippen LogP contribution >= 0.6 is 0 Å². The molecule has 5 heteroatoms. The molecule has 1 aromatic heterocycles. The van der Waals surface area contributed by atoms with Crippen LogP contribution in [0.1, 0.15) is 6.92 Å². The lowest BCUT2D eigenvalue weighted by atomic mass is 10.4. The highest BCUT2D eigenvalue weighted by Crippen LogP contribution is 2.10. The highest BCUT2D eigenvalue weighted by atomic mass is 16.5. The summed E-state index contributed by atoms with van der Waals surface area (Å²) in [7, 11) is 1.66. The fraction of sp³-hybridized carbons (Fsp3) is 0.500. The van der Waals surface area contributed by atoms with Crippen molar-refractivity contribution < 1.29 is 4.74 Å². The van der Waals surface area contributed by atoms with Gasteiger partial charge in [-0.05, 0) is 6.92 Å². The number of rotatable bonds is 4. The standard InChI is InChI=1S/C8H14N4O/c1-6(13-2)3-11-8-7(9)4-10-5-12-8/h4-6H,3,9H2,1-2H3,(H,10,11,12). The maximum Gasteiger partial charge on any atom is 0.152 e. The van der Waals surface area contributed by atoms with Gasteiger partial charge in [-0.1, -0.05) is 0 Å². The summed E-state index contributed by atoms with van der Waals surface area (Å²) in [6.45, 7) is 2.64. The third kappa shape index (κ3) is 2.87. The molecule has 0 fully saturated rings. The van der Waals surface area contributed by atoms with Crippen molar-refractivity contribution in [3.8, 4) is 0 Å². The Bertz CT molecular complexity index is 266. The minimum absolute atomic E-state index is 0.134. The molecule has 1 heterocycles. The SMILES string of the molecule is COC(C)CNc1ncncc1N. The van der Waals surface area contributed by atoms with Gasteiger partial charge in [-0.3, -0.25) is 0 Å². The second-order valence-electron chi connectivity index (χ2n) is 2.75. The van der Waals surface area contributed by atoms with Crippen LogP contribution in [0.2, 0.25) is 0 Å². The van der Waals surface area contributed by atoms with Crippen LogP contribution in [0.15, 0.2) is 12.5 Å². The van der Waals surface area contributed by atoms with Crippen LogP contribution in [0.4, 0.5) is 11.5 Å². The van der Waals surface area contributed by atoms with Gasteiger partial charge in [0.25, 0.3) is 0 Å². The number of nitrogens with one attached hydrogen (secondary N) is 1. The van der Waals surface area contributed by atoms with Crippen LogP contribution in [-0.2, 0) is 4.74 Å². The molecule has 1 aromatic rings. The molecule has 0 saturated heterocycles. The molecule has 0 spiro atoms. The first kappa shape index (κ1) is 9.73. The molecule has 1 unspecified atom stereocenters. The summed E-state index contributed by atoms with van der Waals surface area (Å²) in [5.41, 5.74) is 6.17. The Kier molecular flexibility index (Phi) is 3.45. The minimum atomic E-state index is 0.134. The van der Waals surface area contributed by atoms with E-state index in [4.69, 9.17) is 10.5 Å². The number of hydrogen-bond acceptors (Lipinski definition) is 5. The molecule has 13 heavy (non-hydrogen) atoms. The van der Waals surface area contributed by atoms with E-state index in [9.17, 15) is 0 Å². The van der Waals surface area contributed by atoms with E-state index in [1.54, 1.807) is 13.3 Å². The Balaban J connectivity index is 2.50. The zero-order chi connectivity index (χ0) is 9.68. The van der Waals surface area contributed by atoms with Gasteiger partial charge < -0.3 is 15.8 Å². The van der Waals surface area contributed by atoms with E-state index < -0.39 is 0 Å². The average molecular weight is 182 g/mol. The Morgan fingerprint density at radius 2 is 2.46 bits per heavy atom. The van der Waals surface area contributed by atoms with Crippen molar-refractivity contribution in [2.45, 2.75) is 13.0 Å². The van der Waals surface area contributed by atoms with Crippen LogP contribution in [-0.4, -0.2) is 29.7 Å². The van der Waals surface area contributed by atoms with Gasteiger partial charge in [0, 0.05) is 13.7 Å². The molecule has 72 valence electrons. The highest BCUT2D eigenvalue weighted by Gasteiger charge is 2.02. The third-order valence-corrected chi connectivity index (χ3v) is 1.70. The smallest absolute Gasteiger partial charge is 0.152 e. The van der Waals surface area contributed by atoms with Crippen LogP contribution in [0.5, 0.6) is 0 Å². The summed E-state index contributed by atoms with van der Waals surface area (Å²) < 4.78 is 5.07. The third-order valence-electron chi connectivity index (χ3n) is 1.70. The van der Waals surface area contributed by atoms with Gasteiger partial charge in [-0.15, -0.1) is 0 Å². The fourth-order valence-corrected chi connectivity index (χ4v) is 0.812. The van der Waals surface area contributed by atoms with Crippen molar-refractivity contribution in [1.29, 1.82) is 0 Å². The lowest BCUT2D eigenvalue weighted by molar-refractivity contribution is 0.128. The monoisotopic (exact) mass is 182 g/mol. The molecular weight excluding hydrogens is 168 g/mol. The number of hydrogen-bond donors (Lipinski definition) is 2. The summed E-state index contributed by atoms with van der Waals surface area (Å²) in [5.74, 6) is 0.652. The molecular formula is C8H14N4O. The van der Waals surface area contributed by atoms with E-state index in [1.165, 1.54) is 6.33 Å². The number of nitrogens with two attached hydrogens (primary N) is 1. The molecule has 0 aliphatic rings. The van der Waals surface area contributed by atoms with Crippen molar-refractivity contribution in [2.24, 2.45) is 0 Å². The fourth-order valence-electron chi connectivity index (χ4n) is 0.812. The van der Waals surface area contributed by atoms with Crippen molar-refractivity contribution in [2.75, 3.05) is 24.7 Å². The number of aromatic nitrogens is 2. The zero-order valence-corrected chi connectivity index (χ0v) is 7.82. The van der Waals surface area contributed by atoms with Crippen LogP contribution < -0.4 is 11.1 Å². The lowest BCUT2D eigenvalue weighted by Crippen LogP contribution is -2.19. The molecule has 0 aliphatic carbocycles. The predicted molar refractivity (Wildman–Crippen MR) is 51.4 cm³/mol. The van der Waals surface area contributed by atoms with Gasteiger partial charge in [0.2, 0.25) is 0 Å². The van der Waals surface area contributed by atoms with Crippen LogP contribution in [0.25, 0.3) is 0 Å². The van der Waals surface area contributed by atoms with Crippen LogP contribution in [0.3, 0.4) is 0 Å². The molecule has 0 aromatic carbocycles. The van der Waals surface area contributed by atoms with Crippen LogP contribution in [0, 0.1) is 0 Å². The van der Waals surface area contributed by atoms with Crippen molar-refractivity contribution in [3.63, 3.8) is 0 Å². The van der Waals surface area contributed by atoms with Crippen molar-refractivity contribution >= 4 is 11.5 Å². The number of nitrogens with zero attached hydrogens (tertiary/aromatic N) is 2. The Morgan fingerprint density at radius 1 is 1.69 bits per heavy atom. The van der Waals surface area contributed by atoms with E-state index in [0.29, 0.717) is 18.1 Å². The zero-order valence-electron chi connectivity index (χ0n) is 7.82. The molecule has 0 aliphatic heterocycles. The van der Waals surface area contributed by atoms with E-state index in [-0.39, 0.29) is 6.10 Å². The molecule has 1 atom stereocenters. The lowest BCUT2D eigenvalue weighted by Gasteiger charge is -2.11. The van der Waals surface area contributed by atoms with E-state index in [1.807, 2.05) is 6.92 Å². The molecule has 0 amide bonds. The number of anilines is 2. The van der Waals surface area contributed by atoms with Gasteiger partial charge >= 0.3 is 0 Å². The summed E-state index contributed by atoms with van der Waals surface area (Å²) in [6.07, 6.45) is 3.15. The van der Waals surface area contributed by atoms with E-state index in [2.05, 4.69) is 15.3 Å². The maximum absolute atomic E-state index is 5.62. The largest absolute Gasteiger partial charge is 0.394 e. The van der Waals surface area contributed by atoms with Crippen molar-refractivity contribution in [1.82, 2.24) is 9.97 Å². The molecule has 0 bridgehead atoms. The van der Waals surface area contributed by atoms with Gasteiger partial charge in [-0.2, -0.15) is 0 Å². The Hall–Kier alpha value is -1.36. The first-order chi connectivity index (χ1) is 6.24. The minimum Gasteiger partial charge on any atom is -0.394 e. The molecule has 0 saturated carbocycles. The van der Waals surface area contributed by atoms with Gasteiger partial charge in [0.15, 0.2) is 5.82 Å². The predicted octanol–water partition coefficient (Wildman–Crippen LogP) is 0.506. The number of nitrogen functional groups attached to an aromatic ring is 1. The van der Waals surface area contributed by atoms with Crippen molar-refractivity contribution in [3.05, 3.63) is 12.5 Å². The molecule has 5 nitrogen and oxygen atoms in total. The Labute approximate surface area is 77.3 Å². The number of ether oxygens (including phenoxy) is 1. The van der Waals surface area contributed by atoms with E-state index in [0.717, 1.165) is 0 Å².